The van der Waals surface area contributed by atoms with Crippen LogP contribution in [0.2, 0.25) is 0 Å². The van der Waals surface area contributed by atoms with Crippen LogP contribution in [0.1, 0.15) is 18.4 Å². The van der Waals surface area contributed by atoms with Gasteiger partial charge in [-0.25, -0.2) is 0 Å². The zero-order valence-corrected chi connectivity index (χ0v) is 9.57. The topological polar surface area (TPSA) is 33.2 Å². The highest BCUT2D eigenvalue weighted by Crippen LogP contribution is 2.04. The van der Waals surface area contributed by atoms with Gasteiger partial charge < -0.3 is 4.90 Å². The Bertz CT molecular complexity index is 303. The first-order valence-electron chi connectivity index (χ1n) is 4.93. The molecule has 15 heavy (non-hydrogen) atoms. The normalized spacial score (nSPS) is 10.0. The Hall–Kier alpha value is -1.09. The minimum atomic E-state index is 0.125. The standard InChI is InChI=1S/C11H15ClN2O/c1-14(11(15)5-2-6-12)9-10-4-3-7-13-8-10/h3-4,7-8H,2,5-6,9H2,1H3. The fourth-order valence-electron chi connectivity index (χ4n) is 1.26. The molecule has 0 fully saturated rings. The van der Waals surface area contributed by atoms with Crippen LogP contribution in [-0.2, 0) is 11.3 Å². The van der Waals surface area contributed by atoms with Gasteiger partial charge in [-0.3, -0.25) is 9.78 Å². The summed E-state index contributed by atoms with van der Waals surface area (Å²) in [7, 11) is 1.80. The van der Waals surface area contributed by atoms with Gasteiger partial charge in [-0.15, -0.1) is 11.6 Å². The second-order valence-corrected chi connectivity index (χ2v) is 3.78. The highest BCUT2D eigenvalue weighted by atomic mass is 35.5. The second-order valence-electron chi connectivity index (χ2n) is 3.40. The molecule has 4 heteroatoms. The molecule has 0 radical (unpaired) electrons. The molecule has 0 N–H and O–H groups in total. The first kappa shape index (κ1) is 12.0. The van der Waals surface area contributed by atoms with Crippen LogP contribution in [-0.4, -0.2) is 28.7 Å². The molecule has 0 aromatic carbocycles. The van der Waals surface area contributed by atoms with E-state index in [9.17, 15) is 4.79 Å². The van der Waals surface area contributed by atoms with Gasteiger partial charge in [0, 0.05) is 38.3 Å². The van der Waals surface area contributed by atoms with E-state index in [2.05, 4.69) is 4.98 Å². The molecular formula is C11H15ClN2O. The fourth-order valence-corrected chi connectivity index (χ4v) is 1.40. The van der Waals surface area contributed by atoms with Crippen LogP contribution in [0.5, 0.6) is 0 Å². The Labute approximate surface area is 95.1 Å². The van der Waals surface area contributed by atoms with E-state index in [0.717, 1.165) is 12.0 Å². The maximum atomic E-state index is 11.6. The van der Waals surface area contributed by atoms with Gasteiger partial charge in [-0.1, -0.05) is 6.07 Å². The van der Waals surface area contributed by atoms with Gasteiger partial charge in [-0.05, 0) is 18.1 Å². The van der Waals surface area contributed by atoms with Crippen LogP contribution >= 0.6 is 11.6 Å². The van der Waals surface area contributed by atoms with Crippen LogP contribution < -0.4 is 0 Å². The van der Waals surface area contributed by atoms with Crippen LogP contribution in [0.3, 0.4) is 0 Å². The molecule has 0 aliphatic carbocycles. The van der Waals surface area contributed by atoms with Crippen LogP contribution in [0.4, 0.5) is 0 Å². The minimum absolute atomic E-state index is 0.125. The molecule has 0 spiro atoms. The number of alkyl halides is 1. The van der Waals surface area contributed by atoms with Crippen molar-refractivity contribution in [2.45, 2.75) is 19.4 Å². The number of nitrogens with zero attached hydrogens (tertiary/aromatic N) is 2. The van der Waals surface area contributed by atoms with E-state index in [-0.39, 0.29) is 5.91 Å². The molecule has 0 atom stereocenters. The van der Waals surface area contributed by atoms with E-state index in [1.165, 1.54) is 0 Å². The van der Waals surface area contributed by atoms with Gasteiger partial charge in [0.05, 0.1) is 0 Å². The number of hydrogen-bond donors (Lipinski definition) is 0. The first-order valence-corrected chi connectivity index (χ1v) is 5.46. The van der Waals surface area contributed by atoms with Gasteiger partial charge >= 0.3 is 0 Å². The van der Waals surface area contributed by atoms with Crippen molar-refractivity contribution in [2.75, 3.05) is 12.9 Å². The molecule has 0 bridgehead atoms. The smallest absolute Gasteiger partial charge is 0.222 e. The largest absolute Gasteiger partial charge is 0.341 e. The van der Waals surface area contributed by atoms with E-state index in [0.29, 0.717) is 18.8 Å². The SMILES string of the molecule is CN(Cc1cccnc1)C(=O)CCCCl. The summed E-state index contributed by atoms with van der Waals surface area (Å²) in [6, 6.07) is 3.82. The van der Waals surface area contributed by atoms with Gasteiger partial charge in [0.1, 0.15) is 0 Å². The quantitative estimate of drug-likeness (QED) is 0.721. The third-order valence-corrected chi connectivity index (χ3v) is 2.36. The predicted octanol–water partition coefficient (Wildman–Crippen LogP) is 2.06. The molecule has 1 heterocycles. The summed E-state index contributed by atoms with van der Waals surface area (Å²) in [6.45, 7) is 0.606. The zero-order chi connectivity index (χ0) is 11.1. The van der Waals surface area contributed by atoms with Gasteiger partial charge in [-0.2, -0.15) is 0 Å². The highest BCUT2D eigenvalue weighted by Gasteiger charge is 2.08. The van der Waals surface area contributed by atoms with Crippen LogP contribution in [0.15, 0.2) is 24.5 Å². The van der Waals surface area contributed by atoms with Crippen molar-refractivity contribution < 1.29 is 4.79 Å². The molecule has 0 unspecified atom stereocenters. The van der Waals surface area contributed by atoms with Crippen LogP contribution in [0, 0.1) is 0 Å². The van der Waals surface area contributed by atoms with Crippen LogP contribution in [0.25, 0.3) is 0 Å². The molecule has 0 saturated heterocycles. The van der Waals surface area contributed by atoms with E-state index in [1.807, 2.05) is 12.1 Å². The van der Waals surface area contributed by atoms with Crippen molar-refractivity contribution >= 4 is 17.5 Å². The van der Waals surface area contributed by atoms with E-state index in [4.69, 9.17) is 11.6 Å². The maximum absolute atomic E-state index is 11.6. The summed E-state index contributed by atoms with van der Waals surface area (Å²) >= 11 is 5.53. The molecule has 0 aliphatic heterocycles. The Morgan fingerprint density at radius 3 is 3.00 bits per heavy atom. The number of halogens is 1. The summed E-state index contributed by atoms with van der Waals surface area (Å²) in [4.78, 5) is 17.3. The van der Waals surface area contributed by atoms with Crippen molar-refractivity contribution in [1.29, 1.82) is 0 Å². The van der Waals surface area contributed by atoms with Crippen molar-refractivity contribution in [3.05, 3.63) is 30.1 Å². The molecular weight excluding hydrogens is 212 g/mol. The molecule has 0 aliphatic rings. The predicted molar refractivity (Wildman–Crippen MR) is 60.7 cm³/mol. The number of hydrogen-bond acceptors (Lipinski definition) is 2. The lowest BCUT2D eigenvalue weighted by Crippen LogP contribution is -2.25. The summed E-state index contributed by atoms with van der Waals surface area (Å²) in [6.07, 6.45) is 4.74. The average Bonchev–Trinajstić information content (AvgIpc) is 2.27. The van der Waals surface area contributed by atoms with Crippen molar-refractivity contribution in [1.82, 2.24) is 9.88 Å². The molecule has 82 valence electrons. The van der Waals surface area contributed by atoms with Gasteiger partial charge in [0.25, 0.3) is 0 Å². The number of carbonyl (C=O) groups excluding carboxylic acids is 1. The lowest BCUT2D eigenvalue weighted by molar-refractivity contribution is -0.130. The average molecular weight is 227 g/mol. The third-order valence-electron chi connectivity index (χ3n) is 2.09. The number of pyridine rings is 1. The van der Waals surface area contributed by atoms with E-state index >= 15 is 0 Å². The molecule has 1 aromatic heterocycles. The summed E-state index contributed by atoms with van der Waals surface area (Å²) in [5, 5.41) is 0. The lowest BCUT2D eigenvalue weighted by Gasteiger charge is -2.16. The molecule has 1 aromatic rings. The fraction of sp³-hybridized carbons (Fsp3) is 0.455. The Morgan fingerprint density at radius 1 is 1.60 bits per heavy atom. The molecule has 0 saturated carbocycles. The minimum Gasteiger partial charge on any atom is -0.341 e. The maximum Gasteiger partial charge on any atom is 0.222 e. The number of amides is 1. The molecule has 1 rings (SSSR count). The monoisotopic (exact) mass is 226 g/mol. The van der Waals surface area contributed by atoms with Gasteiger partial charge in [0.2, 0.25) is 5.91 Å². The van der Waals surface area contributed by atoms with E-state index in [1.54, 1.807) is 24.3 Å². The number of aromatic nitrogens is 1. The molecule has 1 amide bonds. The Balaban J connectivity index is 2.41. The summed E-state index contributed by atoms with van der Waals surface area (Å²) in [5.41, 5.74) is 1.04. The lowest BCUT2D eigenvalue weighted by atomic mass is 10.2. The van der Waals surface area contributed by atoms with Crippen molar-refractivity contribution in [3.63, 3.8) is 0 Å². The second kappa shape index (κ2) is 6.40. The number of rotatable bonds is 5. The van der Waals surface area contributed by atoms with Gasteiger partial charge in [0.15, 0.2) is 0 Å². The van der Waals surface area contributed by atoms with E-state index < -0.39 is 0 Å². The zero-order valence-electron chi connectivity index (χ0n) is 8.82. The summed E-state index contributed by atoms with van der Waals surface area (Å²) < 4.78 is 0. The molecule has 3 nitrogen and oxygen atoms in total. The number of carbonyl (C=O) groups is 1. The van der Waals surface area contributed by atoms with Crippen molar-refractivity contribution in [2.24, 2.45) is 0 Å². The summed E-state index contributed by atoms with van der Waals surface area (Å²) in [5.74, 6) is 0.659. The highest BCUT2D eigenvalue weighted by molar-refractivity contribution is 6.17. The first-order chi connectivity index (χ1) is 7.24. The third kappa shape index (κ3) is 4.30. The Kier molecular flexibility index (Phi) is 5.12. The van der Waals surface area contributed by atoms with Crippen molar-refractivity contribution in [3.8, 4) is 0 Å². The Morgan fingerprint density at radius 2 is 2.40 bits per heavy atom.